The molecule has 2 heteroatoms. The molecule has 0 spiro atoms. The van der Waals surface area contributed by atoms with Crippen LogP contribution in [0.15, 0.2) is 48.5 Å². The molecule has 2 nitrogen and oxygen atoms in total. The van der Waals surface area contributed by atoms with Crippen LogP contribution in [0.1, 0.15) is 18.1 Å². The fourth-order valence-electron chi connectivity index (χ4n) is 1.99. The molecule has 0 saturated carbocycles. The summed E-state index contributed by atoms with van der Waals surface area (Å²) in [5.41, 5.74) is 3.80. The summed E-state index contributed by atoms with van der Waals surface area (Å²) in [5, 5.41) is 3.42. The molecular weight excluding hydrogens is 234 g/mol. The van der Waals surface area contributed by atoms with Crippen LogP contribution < -0.4 is 10.1 Å². The second kappa shape index (κ2) is 6.83. The molecule has 0 aliphatic carbocycles. The minimum absolute atomic E-state index is 0.668. The Morgan fingerprint density at radius 1 is 1.00 bits per heavy atom. The number of anilines is 1. The lowest BCUT2D eigenvalue weighted by molar-refractivity contribution is 0.333. The third kappa shape index (κ3) is 4.02. The van der Waals surface area contributed by atoms with Crippen molar-refractivity contribution in [2.45, 2.75) is 20.3 Å². The van der Waals surface area contributed by atoms with Crippen molar-refractivity contribution in [1.29, 1.82) is 0 Å². The highest BCUT2D eigenvalue weighted by Crippen LogP contribution is 2.15. The van der Waals surface area contributed by atoms with E-state index in [1.165, 1.54) is 16.8 Å². The van der Waals surface area contributed by atoms with E-state index in [0.717, 1.165) is 18.7 Å². The summed E-state index contributed by atoms with van der Waals surface area (Å²) in [6.45, 7) is 5.72. The average molecular weight is 255 g/mol. The summed E-state index contributed by atoms with van der Waals surface area (Å²) < 4.78 is 5.69. The summed E-state index contributed by atoms with van der Waals surface area (Å²) in [4.78, 5) is 0. The number of rotatable bonds is 6. The molecule has 0 heterocycles. The Bertz CT molecular complexity index is 505. The summed E-state index contributed by atoms with van der Waals surface area (Å²) >= 11 is 0. The molecule has 19 heavy (non-hydrogen) atoms. The van der Waals surface area contributed by atoms with Gasteiger partial charge in [-0.3, -0.25) is 0 Å². The molecule has 0 unspecified atom stereocenters. The third-order valence-electron chi connectivity index (χ3n) is 3.11. The van der Waals surface area contributed by atoms with Gasteiger partial charge in [0.2, 0.25) is 0 Å². The predicted octanol–water partition coefficient (Wildman–Crippen LogP) is 4.05. The van der Waals surface area contributed by atoms with Gasteiger partial charge in [0.05, 0.1) is 0 Å². The number of benzene rings is 2. The van der Waals surface area contributed by atoms with Crippen LogP contribution in [0.3, 0.4) is 0 Å². The van der Waals surface area contributed by atoms with Crippen LogP contribution in [0.2, 0.25) is 0 Å². The molecule has 0 radical (unpaired) electrons. The van der Waals surface area contributed by atoms with E-state index in [2.05, 4.69) is 55.6 Å². The smallest absolute Gasteiger partial charge is 0.119 e. The molecule has 0 fully saturated rings. The molecule has 2 aromatic rings. The zero-order valence-corrected chi connectivity index (χ0v) is 11.6. The molecule has 2 aromatic carbocycles. The Labute approximate surface area is 115 Å². The van der Waals surface area contributed by atoms with Crippen molar-refractivity contribution in [2.75, 3.05) is 18.5 Å². The largest absolute Gasteiger partial charge is 0.492 e. The van der Waals surface area contributed by atoms with Crippen LogP contribution >= 0.6 is 0 Å². The van der Waals surface area contributed by atoms with Crippen LogP contribution in [0, 0.1) is 6.92 Å². The molecule has 0 atom stereocenters. The van der Waals surface area contributed by atoms with Gasteiger partial charge < -0.3 is 10.1 Å². The van der Waals surface area contributed by atoms with Crippen molar-refractivity contribution >= 4 is 5.69 Å². The maximum absolute atomic E-state index is 5.69. The minimum atomic E-state index is 0.668. The normalized spacial score (nSPS) is 10.2. The van der Waals surface area contributed by atoms with Crippen molar-refractivity contribution in [3.05, 3.63) is 59.7 Å². The van der Waals surface area contributed by atoms with Crippen LogP contribution in [0.4, 0.5) is 5.69 Å². The first-order chi connectivity index (χ1) is 9.29. The molecular formula is C17H21NO. The Kier molecular flexibility index (Phi) is 4.85. The molecule has 0 amide bonds. The van der Waals surface area contributed by atoms with Crippen LogP contribution in [0.5, 0.6) is 5.75 Å². The number of hydrogen-bond donors (Lipinski definition) is 1. The van der Waals surface area contributed by atoms with Gasteiger partial charge in [0.15, 0.2) is 0 Å². The van der Waals surface area contributed by atoms with Crippen molar-refractivity contribution in [3.63, 3.8) is 0 Å². The second-order valence-corrected chi connectivity index (χ2v) is 4.60. The highest BCUT2D eigenvalue weighted by atomic mass is 16.5. The second-order valence-electron chi connectivity index (χ2n) is 4.60. The Morgan fingerprint density at radius 3 is 2.47 bits per heavy atom. The van der Waals surface area contributed by atoms with Crippen LogP contribution in [-0.4, -0.2) is 13.2 Å². The standard InChI is InChI=1S/C17H21NO/c1-3-15-6-4-5-7-17(15)18-12-13-19-16-10-8-14(2)9-11-16/h4-11,18H,3,12-13H2,1-2H3. The Balaban J connectivity index is 1.79. The van der Waals surface area contributed by atoms with Gasteiger partial charge in [-0.1, -0.05) is 42.8 Å². The zero-order valence-electron chi connectivity index (χ0n) is 11.6. The molecule has 0 bridgehead atoms. The first-order valence-electron chi connectivity index (χ1n) is 6.81. The van der Waals surface area contributed by atoms with E-state index >= 15 is 0 Å². The highest BCUT2D eigenvalue weighted by molar-refractivity contribution is 5.50. The summed E-state index contributed by atoms with van der Waals surface area (Å²) in [6.07, 6.45) is 1.04. The number of para-hydroxylation sites is 1. The summed E-state index contributed by atoms with van der Waals surface area (Å²) in [5.74, 6) is 0.927. The van der Waals surface area contributed by atoms with Gasteiger partial charge >= 0.3 is 0 Å². The lowest BCUT2D eigenvalue weighted by Gasteiger charge is -2.11. The lowest BCUT2D eigenvalue weighted by atomic mass is 10.1. The van der Waals surface area contributed by atoms with E-state index in [9.17, 15) is 0 Å². The molecule has 0 aromatic heterocycles. The average Bonchev–Trinajstić information content (AvgIpc) is 2.46. The van der Waals surface area contributed by atoms with E-state index in [1.807, 2.05) is 12.1 Å². The summed E-state index contributed by atoms with van der Waals surface area (Å²) in [6, 6.07) is 16.6. The highest BCUT2D eigenvalue weighted by Gasteiger charge is 1.98. The monoisotopic (exact) mass is 255 g/mol. The zero-order chi connectivity index (χ0) is 13.5. The van der Waals surface area contributed by atoms with Gasteiger partial charge in [0.1, 0.15) is 12.4 Å². The fraction of sp³-hybridized carbons (Fsp3) is 0.294. The molecule has 0 aliphatic rings. The van der Waals surface area contributed by atoms with E-state index in [1.54, 1.807) is 0 Å². The van der Waals surface area contributed by atoms with Gasteiger partial charge in [-0.2, -0.15) is 0 Å². The van der Waals surface area contributed by atoms with Crippen molar-refractivity contribution in [1.82, 2.24) is 0 Å². The van der Waals surface area contributed by atoms with E-state index in [4.69, 9.17) is 4.74 Å². The molecule has 0 aliphatic heterocycles. The van der Waals surface area contributed by atoms with E-state index in [-0.39, 0.29) is 0 Å². The van der Waals surface area contributed by atoms with E-state index < -0.39 is 0 Å². The maximum atomic E-state index is 5.69. The van der Waals surface area contributed by atoms with Crippen molar-refractivity contribution < 1.29 is 4.74 Å². The number of ether oxygens (including phenoxy) is 1. The van der Waals surface area contributed by atoms with Crippen molar-refractivity contribution in [2.24, 2.45) is 0 Å². The lowest BCUT2D eigenvalue weighted by Crippen LogP contribution is -2.12. The first-order valence-corrected chi connectivity index (χ1v) is 6.81. The Morgan fingerprint density at radius 2 is 1.74 bits per heavy atom. The van der Waals surface area contributed by atoms with Crippen LogP contribution in [0.25, 0.3) is 0 Å². The van der Waals surface area contributed by atoms with Crippen molar-refractivity contribution in [3.8, 4) is 5.75 Å². The van der Waals surface area contributed by atoms with Gasteiger partial charge in [0, 0.05) is 12.2 Å². The number of hydrogen-bond acceptors (Lipinski definition) is 2. The number of nitrogens with one attached hydrogen (secondary N) is 1. The van der Waals surface area contributed by atoms with Gasteiger partial charge in [-0.15, -0.1) is 0 Å². The fourth-order valence-corrected chi connectivity index (χ4v) is 1.99. The Hall–Kier alpha value is -1.96. The van der Waals surface area contributed by atoms with Crippen LogP contribution in [-0.2, 0) is 6.42 Å². The topological polar surface area (TPSA) is 21.3 Å². The maximum Gasteiger partial charge on any atom is 0.119 e. The van der Waals surface area contributed by atoms with Gasteiger partial charge in [-0.05, 0) is 37.1 Å². The molecule has 100 valence electrons. The summed E-state index contributed by atoms with van der Waals surface area (Å²) in [7, 11) is 0. The van der Waals surface area contributed by atoms with Gasteiger partial charge in [0.25, 0.3) is 0 Å². The molecule has 0 saturated heterocycles. The SMILES string of the molecule is CCc1ccccc1NCCOc1ccc(C)cc1. The molecule has 2 rings (SSSR count). The third-order valence-corrected chi connectivity index (χ3v) is 3.11. The molecule has 1 N–H and O–H groups in total. The quantitative estimate of drug-likeness (QED) is 0.786. The van der Waals surface area contributed by atoms with E-state index in [0.29, 0.717) is 6.61 Å². The predicted molar refractivity (Wildman–Crippen MR) is 81.0 cm³/mol. The first kappa shape index (κ1) is 13.5. The van der Waals surface area contributed by atoms with Gasteiger partial charge in [-0.25, -0.2) is 0 Å². The number of aryl methyl sites for hydroxylation is 2. The minimum Gasteiger partial charge on any atom is -0.492 e.